The van der Waals surface area contributed by atoms with Gasteiger partial charge in [-0.25, -0.2) is 0 Å². The van der Waals surface area contributed by atoms with E-state index in [1.54, 1.807) is 0 Å². The lowest BCUT2D eigenvalue weighted by Crippen LogP contribution is -2.39. The third-order valence-electron chi connectivity index (χ3n) is 7.42. The maximum atomic E-state index is 12.6. The SMILES string of the molecule is Cc1ccc(NC2CCN(CCCc3ccccc3NC(=O)CC3CCCCC3)CC2)cc1. The highest BCUT2D eigenvalue weighted by atomic mass is 16.1. The van der Waals surface area contributed by atoms with E-state index in [1.165, 1.54) is 61.8 Å². The molecule has 0 atom stereocenters. The van der Waals surface area contributed by atoms with Crippen LogP contribution in [0.1, 0.15) is 68.9 Å². The maximum absolute atomic E-state index is 12.6. The Balaban J connectivity index is 1.18. The molecule has 1 saturated carbocycles. The Morgan fingerprint density at radius 2 is 1.67 bits per heavy atom. The molecule has 1 aliphatic carbocycles. The van der Waals surface area contributed by atoms with Crippen molar-refractivity contribution in [3.63, 3.8) is 0 Å². The number of carbonyl (C=O) groups is 1. The van der Waals surface area contributed by atoms with Crippen LogP contribution in [0.5, 0.6) is 0 Å². The molecule has 1 aliphatic heterocycles. The summed E-state index contributed by atoms with van der Waals surface area (Å²) in [4.78, 5) is 15.2. The average Bonchev–Trinajstić information content (AvgIpc) is 2.83. The summed E-state index contributed by atoms with van der Waals surface area (Å²) in [5, 5.41) is 6.92. The van der Waals surface area contributed by atoms with Crippen LogP contribution in [-0.2, 0) is 11.2 Å². The Hall–Kier alpha value is -2.33. The van der Waals surface area contributed by atoms with Gasteiger partial charge in [0, 0.05) is 36.9 Å². The van der Waals surface area contributed by atoms with Crippen LogP contribution in [0.2, 0.25) is 0 Å². The predicted molar refractivity (Wildman–Crippen MR) is 139 cm³/mol. The predicted octanol–water partition coefficient (Wildman–Crippen LogP) is 6.41. The van der Waals surface area contributed by atoms with Gasteiger partial charge in [0.15, 0.2) is 0 Å². The first-order chi connectivity index (χ1) is 16.2. The lowest BCUT2D eigenvalue weighted by Gasteiger charge is -2.33. The molecule has 178 valence electrons. The molecule has 33 heavy (non-hydrogen) atoms. The number of piperidine rings is 1. The molecule has 2 fully saturated rings. The van der Waals surface area contributed by atoms with Gasteiger partial charge in [0.05, 0.1) is 0 Å². The Morgan fingerprint density at radius 1 is 0.939 bits per heavy atom. The van der Waals surface area contributed by atoms with E-state index in [9.17, 15) is 4.79 Å². The average molecular weight is 448 g/mol. The van der Waals surface area contributed by atoms with Crippen LogP contribution in [0.25, 0.3) is 0 Å². The van der Waals surface area contributed by atoms with E-state index < -0.39 is 0 Å². The monoisotopic (exact) mass is 447 g/mol. The highest BCUT2D eigenvalue weighted by molar-refractivity contribution is 5.91. The summed E-state index contributed by atoms with van der Waals surface area (Å²) in [5.74, 6) is 0.770. The number of aryl methyl sites for hydroxylation is 2. The summed E-state index contributed by atoms with van der Waals surface area (Å²) in [6.07, 6.45) is 11.6. The third kappa shape index (κ3) is 7.60. The van der Waals surface area contributed by atoms with Gasteiger partial charge < -0.3 is 15.5 Å². The van der Waals surface area contributed by atoms with Crippen molar-refractivity contribution in [1.82, 2.24) is 4.90 Å². The number of likely N-dealkylation sites (tertiary alicyclic amines) is 1. The Kier molecular flexibility index (Phi) is 8.82. The summed E-state index contributed by atoms with van der Waals surface area (Å²) in [7, 11) is 0. The quantitative estimate of drug-likeness (QED) is 0.467. The highest BCUT2D eigenvalue weighted by Gasteiger charge is 2.20. The molecule has 1 saturated heterocycles. The molecule has 1 amide bonds. The van der Waals surface area contributed by atoms with Crippen LogP contribution in [0.3, 0.4) is 0 Å². The largest absolute Gasteiger partial charge is 0.382 e. The minimum Gasteiger partial charge on any atom is -0.382 e. The smallest absolute Gasteiger partial charge is 0.224 e. The third-order valence-corrected chi connectivity index (χ3v) is 7.42. The van der Waals surface area contributed by atoms with Crippen molar-refractivity contribution in [1.29, 1.82) is 0 Å². The number of carbonyl (C=O) groups excluding carboxylic acids is 1. The zero-order valence-corrected chi connectivity index (χ0v) is 20.3. The molecule has 2 aliphatic rings. The molecule has 4 rings (SSSR count). The normalized spacial score (nSPS) is 18.2. The van der Waals surface area contributed by atoms with Crippen molar-refractivity contribution in [3.05, 3.63) is 59.7 Å². The van der Waals surface area contributed by atoms with E-state index in [2.05, 4.69) is 64.9 Å². The summed E-state index contributed by atoms with van der Waals surface area (Å²) in [6, 6.07) is 17.7. The Morgan fingerprint density at radius 3 is 2.42 bits per heavy atom. The molecule has 0 radical (unpaired) electrons. The molecule has 0 unspecified atom stereocenters. The molecule has 1 heterocycles. The lowest BCUT2D eigenvalue weighted by atomic mass is 9.87. The molecule has 4 nitrogen and oxygen atoms in total. The fourth-order valence-electron chi connectivity index (χ4n) is 5.39. The molecule has 2 N–H and O–H groups in total. The molecular weight excluding hydrogens is 406 g/mol. The van der Waals surface area contributed by atoms with Crippen molar-refractivity contribution in [3.8, 4) is 0 Å². The number of nitrogens with one attached hydrogen (secondary N) is 2. The number of rotatable bonds is 9. The second-order valence-electron chi connectivity index (χ2n) is 10.1. The van der Waals surface area contributed by atoms with Gasteiger partial charge in [-0.05, 0) is 81.7 Å². The van der Waals surface area contributed by atoms with Crippen LogP contribution in [0.15, 0.2) is 48.5 Å². The number of nitrogens with zero attached hydrogens (tertiary/aromatic N) is 1. The van der Waals surface area contributed by atoms with E-state index in [0.29, 0.717) is 18.4 Å². The fraction of sp³-hybridized carbons (Fsp3) is 0.552. The van der Waals surface area contributed by atoms with Gasteiger partial charge in [0.25, 0.3) is 0 Å². The van der Waals surface area contributed by atoms with Crippen LogP contribution < -0.4 is 10.6 Å². The second kappa shape index (κ2) is 12.2. The molecule has 0 bridgehead atoms. The second-order valence-corrected chi connectivity index (χ2v) is 10.1. The number of para-hydroxylation sites is 1. The molecule has 0 aromatic heterocycles. The fourth-order valence-corrected chi connectivity index (χ4v) is 5.39. The van der Waals surface area contributed by atoms with Gasteiger partial charge in [-0.3, -0.25) is 4.79 Å². The number of hydrogen-bond acceptors (Lipinski definition) is 3. The number of amides is 1. The minimum atomic E-state index is 0.192. The summed E-state index contributed by atoms with van der Waals surface area (Å²) in [5.41, 5.74) is 4.83. The van der Waals surface area contributed by atoms with Gasteiger partial charge in [0.1, 0.15) is 0 Å². The zero-order valence-electron chi connectivity index (χ0n) is 20.3. The zero-order chi connectivity index (χ0) is 22.9. The first-order valence-corrected chi connectivity index (χ1v) is 13.1. The van der Waals surface area contributed by atoms with Gasteiger partial charge in [-0.2, -0.15) is 0 Å². The standard InChI is InChI=1S/C29H41N3O/c1-23-13-15-26(16-14-23)30-27-17-20-32(21-18-27)19-7-11-25-10-5-6-12-28(25)31-29(33)22-24-8-3-2-4-9-24/h5-6,10,12-16,24,27,30H,2-4,7-9,11,17-22H2,1H3,(H,31,33). The van der Waals surface area contributed by atoms with E-state index in [4.69, 9.17) is 0 Å². The molecule has 2 aromatic rings. The van der Waals surface area contributed by atoms with Gasteiger partial charge in [0.2, 0.25) is 5.91 Å². The molecular formula is C29H41N3O. The first-order valence-electron chi connectivity index (χ1n) is 13.1. The molecule has 4 heteroatoms. The van der Waals surface area contributed by atoms with Gasteiger partial charge >= 0.3 is 0 Å². The van der Waals surface area contributed by atoms with E-state index in [1.807, 2.05) is 6.07 Å². The minimum absolute atomic E-state index is 0.192. The highest BCUT2D eigenvalue weighted by Crippen LogP contribution is 2.27. The summed E-state index contributed by atoms with van der Waals surface area (Å²) >= 11 is 0. The van der Waals surface area contributed by atoms with Crippen molar-refractivity contribution in [2.24, 2.45) is 5.92 Å². The molecule has 0 spiro atoms. The van der Waals surface area contributed by atoms with Crippen LogP contribution in [0, 0.1) is 12.8 Å². The Bertz CT molecular complexity index is 865. The summed E-state index contributed by atoms with van der Waals surface area (Å²) < 4.78 is 0. The van der Waals surface area contributed by atoms with E-state index in [-0.39, 0.29) is 5.91 Å². The number of anilines is 2. The topological polar surface area (TPSA) is 44.4 Å². The van der Waals surface area contributed by atoms with E-state index >= 15 is 0 Å². The molecule has 2 aromatic carbocycles. The van der Waals surface area contributed by atoms with Crippen LogP contribution >= 0.6 is 0 Å². The number of hydrogen-bond donors (Lipinski definition) is 2. The summed E-state index contributed by atoms with van der Waals surface area (Å²) in [6.45, 7) is 5.57. The maximum Gasteiger partial charge on any atom is 0.224 e. The van der Waals surface area contributed by atoms with Crippen molar-refractivity contribution >= 4 is 17.3 Å². The first kappa shape index (κ1) is 23.8. The van der Waals surface area contributed by atoms with E-state index in [0.717, 1.165) is 38.2 Å². The van der Waals surface area contributed by atoms with Crippen LogP contribution in [0.4, 0.5) is 11.4 Å². The van der Waals surface area contributed by atoms with Gasteiger partial charge in [-0.15, -0.1) is 0 Å². The van der Waals surface area contributed by atoms with Crippen molar-refractivity contribution < 1.29 is 4.79 Å². The Labute approximate surface area is 200 Å². The van der Waals surface area contributed by atoms with Gasteiger partial charge in [-0.1, -0.05) is 55.2 Å². The van der Waals surface area contributed by atoms with Crippen LogP contribution in [-0.4, -0.2) is 36.5 Å². The van der Waals surface area contributed by atoms with Crippen molar-refractivity contribution in [2.75, 3.05) is 30.3 Å². The number of benzene rings is 2. The lowest BCUT2D eigenvalue weighted by molar-refractivity contribution is -0.117. The van der Waals surface area contributed by atoms with Crippen molar-refractivity contribution in [2.45, 2.75) is 77.2 Å².